The highest BCUT2D eigenvalue weighted by Gasteiger charge is 2.36. The van der Waals surface area contributed by atoms with E-state index in [-0.39, 0.29) is 5.41 Å². The lowest BCUT2D eigenvalue weighted by atomic mass is 9.74. The molecule has 1 heteroatoms. The van der Waals surface area contributed by atoms with E-state index in [1.807, 2.05) is 58.0 Å². The van der Waals surface area contributed by atoms with E-state index in [9.17, 15) is 5.11 Å². The van der Waals surface area contributed by atoms with Gasteiger partial charge in [-0.05, 0) is 17.9 Å². The average molecular weight is 178 g/mol. The van der Waals surface area contributed by atoms with Gasteiger partial charge < -0.3 is 5.11 Å². The molecule has 0 fully saturated rings. The highest BCUT2D eigenvalue weighted by Crippen LogP contribution is 2.38. The summed E-state index contributed by atoms with van der Waals surface area (Å²) < 4.78 is 0. The molecule has 0 aliphatic heterocycles. The van der Waals surface area contributed by atoms with Crippen LogP contribution in [0.25, 0.3) is 0 Å². The summed E-state index contributed by atoms with van der Waals surface area (Å²) in [4.78, 5) is 0. The van der Waals surface area contributed by atoms with Crippen molar-refractivity contribution in [3.63, 3.8) is 0 Å². The number of hydrogen-bond donors (Lipinski definition) is 1. The first-order chi connectivity index (χ1) is 5.86. The summed E-state index contributed by atoms with van der Waals surface area (Å²) in [6.07, 6.45) is 0. The Hall–Kier alpha value is -0.820. The van der Waals surface area contributed by atoms with Crippen molar-refractivity contribution in [3.8, 4) is 0 Å². The van der Waals surface area contributed by atoms with Crippen molar-refractivity contribution in [1.82, 2.24) is 0 Å². The van der Waals surface area contributed by atoms with E-state index in [1.54, 1.807) is 0 Å². The Morgan fingerprint density at radius 2 is 1.38 bits per heavy atom. The molecule has 0 unspecified atom stereocenters. The van der Waals surface area contributed by atoms with Gasteiger partial charge in [0.05, 0.1) is 5.60 Å². The molecule has 0 saturated heterocycles. The highest BCUT2D eigenvalue weighted by molar-refractivity contribution is 5.23. The molecule has 1 aromatic rings. The molecule has 1 rings (SSSR count). The van der Waals surface area contributed by atoms with Crippen LogP contribution in [0.15, 0.2) is 30.3 Å². The Kier molecular flexibility index (Phi) is 2.49. The Labute approximate surface area is 80.4 Å². The topological polar surface area (TPSA) is 20.2 Å². The van der Waals surface area contributed by atoms with Crippen molar-refractivity contribution in [1.29, 1.82) is 0 Å². The predicted octanol–water partition coefficient (Wildman–Crippen LogP) is 2.94. The molecule has 72 valence electrons. The Bertz CT molecular complexity index is 267. The van der Waals surface area contributed by atoms with Gasteiger partial charge in [-0.15, -0.1) is 0 Å². The van der Waals surface area contributed by atoms with Crippen molar-refractivity contribution in [3.05, 3.63) is 35.9 Å². The van der Waals surface area contributed by atoms with Gasteiger partial charge >= 0.3 is 0 Å². The summed E-state index contributed by atoms with van der Waals surface area (Å²) in [5, 5.41) is 10.3. The zero-order valence-corrected chi connectivity index (χ0v) is 8.83. The third kappa shape index (κ3) is 1.92. The maximum Gasteiger partial charge on any atom is 0.0916 e. The first-order valence-corrected chi connectivity index (χ1v) is 4.63. The molecule has 0 saturated carbocycles. The molecule has 0 bridgehead atoms. The molecule has 0 radical (unpaired) electrons. The van der Waals surface area contributed by atoms with Crippen LogP contribution in [0, 0.1) is 5.41 Å². The van der Waals surface area contributed by atoms with Gasteiger partial charge in [-0.25, -0.2) is 0 Å². The lowest BCUT2D eigenvalue weighted by molar-refractivity contribution is -0.0470. The molecule has 0 aliphatic carbocycles. The van der Waals surface area contributed by atoms with Gasteiger partial charge in [0.15, 0.2) is 0 Å². The van der Waals surface area contributed by atoms with E-state index >= 15 is 0 Å². The Balaban J connectivity index is 3.08. The van der Waals surface area contributed by atoms with Crippen LogP contribution in [0.4, 0.5) is 0 Å². The summed E-state index contributed by atoms with van der Waals surface area (Å²) in [5.74, 6) is 0. The summed E-state index contributed by atoms with van der Waals surface area (Å²) >= 11 is 0. The zero-order chi connectivity index (χ0) is 10.1. The summed E-state index contributed by atoms with van der Waals surface area (Å²) in [6.45, 7) is 7.99. The van der Waals surface area contributed by atoms with Crippen LogP contribution >= 0.6 is 0 Å². The van der Waals surface area contributed by atoms with Crippen molar-refractivity contribution in [2.24, 2.45) is 5.41 Å². The van der Waals surface area contributed by atoms with E-state index in [2.05, 4.69) is 0 Å². The SMILES string of the molecule is CC(C)(C)[C@@](C)(O)c1ccccc1. The third-order valence-electron chi connectivity index (χ3n) is 2.80. The first kappa shape index (κ1) is 10.3. The normalized spacial score (nSPS) is 16.7. The van der Waals surface area contributed by atoms with Crippen LogP contribution in [0.1, 0.15) is 33.3 Å². The summed E-state index contributed by atoms with van der Waals surface area (Å²) in [7, 11) is 0. The lowest BCUT2D eigenvalue weighted by Gasteiger charge is -2.37. The third-order valence-corrected chi connectivity index (χ3v) is 2.80. The number of rotatable bonds is 1. The Morgan fingerprint density at radius 1 is 0.923 bits per heavy atom. The molecule has 1 N–H and O–H groups in total. The van der Waals surface area contributed by atoms with Crippen LogP contribution < -0.4 is 0 Å². The smallest absolute Gasteiger partial charge is 0.0916 e. The molecule has 0 amide bonds. The second-order valence-corrected chi connectivity index (χ2v) is 4.69. The van der Waals surface area contributed by atoms with E-state index in [0.717, 1.165) is 5.56 Å². The second kappa shape index (κ2) is 3.15. The number of benzene rings is 1. The molecule has 13 heavy (non-hydrogen) atoms. The van der Waals surface area contributed by atoms with Gasteiger partial charge in [0.1, 0.15) is 0 Å². The van der Waals surface area contributed by atoms with Crippen LogP contribution in [-0.2, 0) is 5.60 Å². The fourth-order valence-electron chi connectivity index (χ4n) is 1.20. The molecule has 1 aromatic carbocycles. The molecule has 0 aromatic heterocycles. The molecular weight excluding hydrogens is 160 g/mol. The molecule has 0 aliphatic rings. The maximum absolute atomic E-state index is 10.3. The molecule has 1 nitrogen and oxygen atoms in total. The van der Waals surface area contributed by atoms with Gasteiger partial charge in [-0.2, -0.15) is 0 Å². The fraction of sp³-hybridized carbons (Fsp3) is 0.500. The van der Waals surface area contributed by atoms with Gasteiger partial charge in [0.25, 0.3) is 0 Å². The van der Waals surface area contributed by atoms with E-state index < -0.39 is 5.60 Å². The molecule has 0 spiro atoms. The minimum Gasteiger partial charge on any atom is -0.385 e. The summed E-state index contributed by atoms with van der Waals surface area (Å²) in [5.41, 5.74) is 0.0605. The van der Waals surface area contributed by atoms with Gasteiger partial charge in [0, 0.05) is 0 Å². The molecule has 1 atom stereocenters. The van der Waals surface area contributed by atoms with E-state index in [4.69, 9.17) is 0 Å². The van der Waals surface area contributed by atoms with Crippen molar-refractivity contribution in [2.75, 3.05) is 0 Å². The largest absolute Gasteiger partial charge is 0.385 e. The first-order valence-electron chi connectivity index (χ1n) is 4.63. The minimum absolute atomic E-state index is 0.144. The number of hydrogen-bond acceptors (Lipinski definition) is 1. The minimum atomic E-state index is -0.770. The molecule has 0 heterocycles. The van der Waals surface area contributed by atoms with Crippen LogP contribution in [-0.4, -0.2) is 5.11 Å². The standard InChI is InChI=1S/C12H18O/c1-11(2,3)12(4,13)10-8-6-5-7-9-10/h5-9,13H,1-4H3/t12-/m0/s1. The van der Waals surface area contributed by atoms with Crippen molar-refractivity contribution < 1.29 is 5.11 Å². The highest BCUT2D eigenvalue weighted by atomic mass is 16.3. The van der Waals surface area contributed by atoms with E-state index in [1.165, 1.54) is 0 Å². The second-order valence-electron chi connectivity index (χ2n) is 4.69. The maximum atomic E-state index is 10.3. The number of aliphatic hydroxyl groups is 1. The van der Waals surface area contributed by atoms with Crippen molar-refractivity contribution >= 4 is 0 Å². The van der Waals surface area contributed by atoms with Gasteiger partial charge in [-0.3, -0.25) is 0 Å². The monoisotopic (exact) mass is 178 g/mol. The van der Waals surface area contributed by atoms with Gasteiger partial charge in [-0.1, -0.05) is 51.1 Å². The Morgan fingerprint density at radius 3 is 1.77 bits per heavy atom. The van der Waals surface area contributed by atoms with Gasteiger partial charge in [0.2, 0.25) is 0 Å². The van der Waals surface area contributed by atoms with Crippen LogP contribution in [0.2, 0.25) is 0 Å². The molecular formula is C12H18O. The van der Waals surface area contributed by atoms with E-state index in [0.29, 0.717) is 0 Å². The average Bonchev–Trinajstić information content (AvgIpc) is 2.04. The zero-order valence-electron chi connectivity index (χ0n) is 8.83. The lowest BCUT2D eigenvalue weighted by Crippen LogP contribution is -2.36. The fourth-order valence-corrected chi connectivity index (χ4v) is 1.20. The van der Waals surface area contributed by atoms with Crippen LogP contribution in [0.3, 0.4) is 0 Å². The predicted molar refractivity (Wildman–Crippen MR) is 55.5 cm³/mol. The summed E-state index contributed by atoms with van der Waals surface area (Å²) in [6, 6.07) is 9.80. The van der Waals surface area contributed by atoms with Crippen LogP contribution in [0.5, 0.6) is 0 Å². The van der Waals surface area contributed by atoms with Crippen molar-refractivity contribution in [2.45, 2.75) is 33.3 Å². The quantitative estimate of drug-likeness (QED) is 0.701.